The Hall–Kier alpha value is -2.33. The quantitative estimate of drug-likeness (QED) is 0.293. The molecule has 1 amide bonds. The van der Waals surface area contributed by atoms with Gasteiger partial charge in [0.2, 0.25) is 5.91 Å². The summed E-state index contributed by atoms with van der Waals surface area (Å²) < 4.78 is 10.3. The van der Waals surface area contributed by atoms with Crippen LogP contribution in [0.4, 0.5) is 5.69 Å². The number of amides is 1. The van der Waals surface area contributed by atoms with E-state index in [1.165, 1.54) is 29.8 Å². The number of hydrogen-bond acceptors (Lipinski definition) is 8. The molecule has 0 aliphatic rings. The van der Waals surface area contributed by atoms with Gasteiger partial charge in [-0.05, 0) is 46.5 Å². The predicted molar refractivity (Wildman–Crippen MR) is 117 cm³/mol. The van der Waals surface area contributed by atoms with Crippen molar-refractivity contribution >= 4 is 29.3 Å². The van der Waals surface area contributed by atoms with Crippen molar-refractivity contribution in [3.05, 3.63) is 33.9 Å². The first-order valence-electron chi connectivity index (χ1n) is 9.46. The van der Waals surface area contributed by atoms with Gasteiger partial charge in [-0.3, -0.25) is 19.7 Å². The van der Waals surface area contributed by atoms with Gasteiger partial charge in [-0.1, -0.05) is 6.07 Å². The molecule has 9 nitrogen and oxygen atoms in total. The van der Waals surface area contributed by atoms with Gasteiger partial charge in [0.05, 0.1) is 17.8 Å². The average Bonchev–Trinajstić information content (AvgIpc) is 2.63. The number of esters is 1. The number of nitro groups is 1. The average molecular weight is 442 g/mol. The summed E-state index contributed by atoms with van der Waals surface area (Å²) in [5, 5.41) is 11.1. The maximum absolute atomic E-state index is 12.7. The Kier molecular flexibility index (Phi) is 10.1. The molecule has 0 saturated carbocycles. The third-order valence-electron chi connectivity index (χ3n) is 3.84. The SMILES string of the molecule is COc1ccc(CSCC(=O)N(CCN(C)C)CC(=O)OC(C)(C)C)cc1[N+](=O)[O-]. The molecule has 0 radical (unpaired) electrons. The van der Waals surface area contributed by atoms with Gasteiger partial charge in [0.1, 0.15) is 12.1 Å². The molecule has 0 atom stereocenters. The van der Waals surface area contributed by atoms with Crippen LogP contribution in [0, 0.1) is 10.1 Å². The number of benzene rings is 1. The first-order chi connectivity index (χ1) is 13.9. The van der Waals surface area contributed by atoms with Crippen LogP contribution in [-0.4, -0.2) is 78.8 Å². The van der Waals surface area contributed by atoms with E-state index in [2.05, 4.69) is 0 Å². The first-order valence-corrected chi connectivity index (χ1v) is 10.6. The lowest BCUT2D eigenvalue weighted by Crippen LogP contribution is -2.42. The standard InChI is InChI=1S/C20H31N3O6S/c1-20(2,3)29-19(25)12-22(10-9-21(4)5)18(24)14-30-13-15-7-8-17(28-6)16(11-15)23(26)27/h7-8,11H,9-10,12-14H2,1-6H3. The van der Waals surface area contributed by atoms with Crippen molar-refractivity contribution in [2.75, 3.05) is 46.6 Å². The van der Waals surface area contributed by atoms with Gasteiger partial charge in [0.25, 0.3) is 0 Å². The fraction of sp³-hybridized carbons (Fsp3) is 0.600. The lowest BCUT2D eigenvalue weighted by molar-refractivity contribution is -0.385. The second-order valence-corrected chi connectivity index (χ2v) is 8.95. The van der Waals surface area contributed by atoms with E-state index >= 15 is 0 Å². The van der Waals surface area contributed by atoms with Gasteiger partial charge in [-0.15, -0.1) is 11.8 Å². The van der Waals surface area contributed by atoms with Gasteiger partial charge in [0.15, 0.2) is 5.75 Å². The molecule has 0 fully saturated rings. The Labute approximate surface area is 181 Å². The van der Waals surface area contributed by atoms with Crippen LogP contribution >= 0.6 is 11.8 Å². The number of ether oxygens (including phenoxy) is 2. The Balaban J connectivity index is 2.71. The van der Waals surface area contributed by atoms with Crippen LogP contribution in [0.2, 0.25) is 0 Å². The minimum Gasteiger partial charge on any atom is -0.490 e. The second-order valence-electron chi connectivity index (χ2n) is 7.96. The number of methoxy groups -OCH3 is 1. The Bertz CT molecular complexity index is 749. The fourth-order valence-electron chi connectivity index (χ4n) is 2.46. The van der Waals surface area contributed by atoms with Crippen LogP contribution in [0.15, 0.2) is 18.2 Å². The molecule has 10 heteroatoms. The summed E-state index contributed by atoms with van der Waals surface area (Å²) in [6.07, 6.45) is 0. The van der Waals surface area contributed by atoms with Crippen molar-refractivity contribution in [3.63, 3.8) is 0 Å². The molecular weight excluding hydrogens is 410 g/mol. The second kappa shape index (κ2) is 11.8. The summed E-state index contributed by atoms with van der Waals surface area (Å²) in [6, 6.07) is 4.72. The normalized spacial score (nSPS) is 11.3. The molecule has 1 aromatic rings. The molecule has 168 valence electrons. The van der Waals surface area contributed by atoms with E-state index in [9.17, 15) is 19.7 Å². The molecule has 0 heterocycles. The number of carbonyl (C=O) groups excluding carboxylic acids is 2. The van der Waals surface area contributed by atoms with Crippen molar-refractivity contribution in [1.82, 2.24) is 9.80 Å². The van der Waals surface area contributed by atoms with E-state index in [-0.39, 0.29) is 29.6 Å². The third kappa shape index (κ3) is 9.45. The smallest absolute Gasteiger partial charge is 0.326 e. The van der Waals surface area contributed by atoms with Crippen LogP contribution in [-0.2, 0) is 20.1 Å². The van der Waals surface area contributed by atoms with Gasteiger partial charge in [-0.2, -0.15) is 0 Å². The minimum absolute atomic E-state index is 0.112. The van der Waals surface area contributed by atoms with Crippen LogP contribution in [0.1, 0.15) is 26.3 Å². The van der Waals surface area contributed by atoms with E-state index in [1.807, 2.05) is 19.0 Å². The Morgan fingerprint density at radius 2 is 1.87 bits per heavy atom. The molecule has 0 saturated heterocycles. The highest BCUT2D eigenvalue weighted by Crippen LogP contribution is 2.29. The van der Waals surface area contributed by atoms with Gasteiger partial charge < -0.3 is 19.3 Å². The van der Waals surface area contributed by atoms with Crippen LogP contribution in [0.25, 0.3) is 0 Å². The molecule has 0 spiro atoms. The molecular formula is C20H31N3O6S. The Morgan fingerprint density at radius 1 is 1.20 bits per heavy atom. The van der Waals surface area contributed by atoms with Crippen molar-refractivity contribution in [2.24, 2.45) is 0 Å². The van der Waals surface area contributed by atoms with E-state index in [0.29, 0.717) is 24.4 Å². The van der Waals surface area contributed by atoms with Crippen molar-refractivity contribution in [2.45, 2.75) is 32.1 Å². The highest BCUT2D eigenvalue weighted by molar-refractivity contribution is 7.99. The van der Waals surface area contributed by atoms with Crippen LogP contribution in [0.5, 0.6) is 5.75 Å². The number of nitro benzene ring substituents is 1. The summed E-state index contributed by atoms with van der Waals surface area (Å²) in [5.74, 6) is 0.124. The highest BCUT2D eigenvalue weighted by atomic mass is 32.2. The van der Waals surface area contributed by atoms with Crippen LogP contribution < -0.4 is 4.74 Å². The number of carbonyl (C=O) groups is 2. The van der Waals surface area contributed by atoms with E-state index < -0.39 is 16.5 Å². The zero-order valence-corrected chi connectivity index (χ0v) is 19.3. The number of rotatable bonds is 11. The summed E-state index contributed by atoms with van der Waals surface area (Å²) in [4.78, 5) is 38.9. The topological polar surface area (TPSA) is 102 Å². The largest absolute Gasteiger partial charge is 0.490 e. The zero-order chi connectivity index (χ0) is 22.9. The summed E-state index contributed by atoms with van der Waals surface area (Å²) >= 11 is 1.33. The van der Waals surface area contributed by atoms with Gasteiger partial charge in [0, 0.05) is 24.9 Å². The molecule has 1 aromatic carbocycles. The van der Waals surface area contributed by atoms with E-state index in [0.717, 1.165) is 0 Å². The monoisotopic (exact) mass is 441 g/mol. The molecule has 0 unspecified atom stereocenters. The molecule has 0 aromatic heterocycles. The lowest BCUT2D eigenvalue weighted by Gasteiger charge is -2.26. The molecule has 0 N–H and O–H groups in total. The molecule has 1 rings (SSSR count). The van der Waals surface area contributed by atoms with E-state index in [1.54, 1.807) is 32.9 Å². The van der Waals surface area contributed by atoms with E-state index in [4.69, 9.17) is 9.47 Å². The third-order valence-corrected chi connectivity index (χ3v) is 4.83. The molecule has 0 aliphatic carbocycles. The predicted octanol–water partition coefficient (Wildman–Crippen LogP) is 2.57. The van der Waals surface area contributed by atoms with Crippen molar-refractivity contribution in [3.8, 4) is 5.75 Å². The molecule has 30 heavy (non-hydrogen) atoms. The maximum atomic E-state index is 12.7. The first kappa shape index (κ1) is 25.7. The number of thioether (sulfide) groups is 1. The molecule has 0 aliphatic heterocycles. The summed E-state index contributed by atoms with van der Waals surface area (Å²) in [6.45, 7) is 6.24. The highest BCUT2D eigenvalue weighted by Gasteiger charge is 2.22. The van der Waals surface area contributed by atoms with Crippen molar-refractivity contribution in [1.29, 1.82) is 0 Å². The maximum Gasteiger partial charge on any atom is 0.326 e. The zero-order valence-electron chi connectivity index (χ0n) is 18.5. The summed E-state index contributed by atoms with van der Waals surface area (Å²) in [5.41, 5.74) is -0.0164. The lowest BCUT2D eigenvalue weighted by atomic mass is 10.2. The Morgan fingerprint density at radius 3 is 2.40 bits per heavy atom. The van der Waals surface area contributed by atoms with Crippen molar-refractivity contribution < 1.29 is 24.0 Å². The van der Waals surface area contributed by atoms with Gasteiger partial charge in [-0.25, -0.2) is 0 Å². The summed E-state index contributed by atoms with van der Waals surface area (Å²) in [7, 11) is 5.16. The molecule has 0 bridgehead atoms. The van der Waals surface area contributed by atoms with Crippen LogP contribution in [0.3, 0.4) is 0 Å². The number of likely N-dealkylation sites (N-methyl/N-ethyl adjacent to an activating group) is 1. The minimum atomic E-state index is -0.620. The number of nitrogens with zero attached hydrogens (tertiary/aromatic N) is 3. The van der Waals surface area contributed by atoms with Gasteiger partial charge >= 0.3 is 11.7 Å². The fourth-order valence-corrected chi connectivity index (χ4v) is 3.33. The number of hydrogen-bond donors (Lipinski definition) is 0.